The number of hydrogen-bond donors (Lipinski definition) is 2. The first-order chi connectivity index (χ1) is 8.64. The van der Waals surface area contributed by atoms with Crippen LogP contribution in [0.5, 0.6) is 0 Å². The summed E-state index contributed by atoms with van der Waals surface area (Å²) in [6.45, 7) is 3.84. The number of amides is 1. The number of likely N-dealkylation sites (tertiary alicyclic amines) is 1. The lowest BCUT2D eigenvalue weighted by molar-refractivity contribution is -0.215. The molecule has 1 aliphatic rings. The average molecular weight is 282 g/mol. The van der Waals surface area contributed by atoms with Crippen LogP contribution in [-0.2, 0) is 4.79 Å². The highest BCUT2D eigenvalue weighted by Crippen LogP contribution is 2.26. The van der Waals surface area contributed by atoms with Gasteiger partial charge in [0.05, 0.1) is 12.1 Å². The predicted octanol–water partition coefficient (Wildman–Crippen LogP) is 1.14. The van der Waals surface area contributed by atoms with E-state index in [0.29, 0.717) is 6.42 Å². The van der Waals surface area contributed by atoms with Gasteiger partial charge in [-0.05, 0) is 32.4 Å². The molecule has 1 heterocycles. The van der Waals surface area contributed by atoms with Crippen LogP contribution in [0.25, 0.3) is 0 Å². The Morgan fingerprint density at radius 3 is 2.37 bits per heavy atom. The smallest absolute Gasteiger partial charge is 0.382 e. The molecule has 0 spiro atoms. The molecule has 2 unspecified atom stereocenters. The topological polar surface area (TPSA) is 52.6 Å². The summed E-state index contributed by atoms with van der Waals surface area (Å²) in [4.78, 5) is 13.8. The van der Waals surface area contributed by atoms with E-state index in [1.54, 1.807) is 7.05 Å². The van der Waals surface area contributed by atoms with Crippen molar-refractivity contribution < 1.29 is 23.1 Å². The minimum Gasteiger partial charge on any atom is -0.382 e. The minimum absolute atomic E-state index is 0.401. The zero-order valence-corrected chi connectivity index (χ0v) is 11.4. The third-order valence-corrected chi connectivity index (χ3v) is 3.53. The van der Waals surface area contributed by atoms with Gasteiger partial charge in [-0.25, -0.2) is 0 Å². The van der Waals surface area contributed by atoms with Gasteiger partial charge in [0.1, 0.15) is 0 Å². The minimum atomic E-state index is -4.73. The third-order valence-electron chi connectivity index (χ3n) is 3.53. The van der Waals surface area contributed by atoms with Crippen molar-refractivity contribution in [2.45, 2.75) is 51.1 Å². The molecule has 0 aromatic rings. The predicted molar refractivity (Wildman–Crippen MR) is 64.5 cm³/mol. The number of hydrogen-bond acceptors (Lipinski definition) is 3. The number of alkyl halides is 3. The van der Waals surface area contributed by atoms with Crippen LogP contribution in [-0.4, -0.2) is 53.9 Å². The summed E-state index contributed by atoms with van der Waals surface area (Å²) in [5.74, 6) is -0.950. The molecule has 1 fully saturated rings. The Balaban J connectivity index is 2.71. The van der Waals surface area contributed by atoms with Crippen LogP contribution in [0.4, 0.5) is 13.2 Å². The molecule has 7 heteroatoms. The van der Waals surface area contributed by atoms with Crippen molar-refractivity contribution in [3.63, 3.8) is 0 Å². The molecule has 1 rings (SSSR count). The highest BCUT2D eigenvalue weighted by Gasteiger charge is 2.45. The summed E-state index contributed by atoms with van der Waals surface area (Å²) >= 11 is 0. The number of likely N-dealkylation sites (N-methyl/N-ethyl adjacent to an activating group) is 1. The number of halogens is 3. The number of aliphatic hydroxyl groups excluding tert-OH is 1. The number of aliphatic hydroxyl groups is 1. The molecule has 0 aromatic carbocycles. The maximum absolute atomic E-state index is 12.6. The van der Waals surface area contributed by atoms with Gasteiger partial charge >= 0.3 is 6.18 Å². The molecule has 19 heavy (non-hydrogen) atoms. The van der Waals surface area contributed by atoms with Crippen LogP contribution in [0.3, 0.4) is 0 Å². The Kier molecular flexibility index (Phi) is 5.20. The summed E-state index contributed by atoms with van der Waals surface area (Å²) in [7, 11) is 1.77. The SMILES string of the molecule is CC(C)C(NC(=O)[C@@H]1CCCN1C)C(O)C(F)(F)F. The molecule has 0 aromatic heterocycles. The van der Waals surface area contributed by atoms with Crippen molar-refractivity contribution in [1.82, 2.24) is 10.2 Å². The standard InChI is InChI=1S/C12H21F3N2O2/c1-7(2)9(10(18)12(13,14)15)16-11(19)8-5-4-6-17(8)3/h7-10,18H,4-6H2,1-3H3,(H,16,19)/t8-,9?,10?/m0/s1. The zero-order valence-electron chi connectivity index (χ0n) is 11.4. The van der Waals surface area contributed by atoms with Crippen molar-refractivity contribution in [1.29, 1.82) is 0 Å². The van der Waals surface area contributed by atoms with Crippen molar-refractivity contribution >= 4 is 5.91 Å². The van der Waals surface area contributed by atoms with Gasteiger partial charge in [0.2, 0.25) is 5.91 Å². The fourth-order valence-electron chi connectivity index (χ4n) is 2.32. The monoisotopic (exact) mass is 282 g/mol. The summed E-state index contributed by atoms with van der Waals surface area (Å²) < 4.78 is 37.7. The molecule has 0 bridgehead atoms. The summed E-state index contributed by atoms with van der Waals surface area (Å²) in [6.07, 6.45) is -5.79. The highest BCUT2D eigenvalue weighted by atomic mass is 19.4. The molecular weight excluding hydrogens is 261 g/mol. The second kappa shape index (κ2) is 6.09. The Morgan fingerprint density at radius 1 is 1.42 bits per heavy atom. The van der Waals surface area contributed by atoms with Crippen LogP contribution < -0.4 is 5.32 Å². The Morgan fingerprint density at radius 2 is 2.00 bits per heavy atom. The third kappa shape index (κ3) is 4.07. The zero-order chi connectivity index (χ0) is 14.8. The first-order valence-corrected chi connectivity index (χ1v) is 6.40. The van der Waals surface area contributed by atoms with Crippen LogP contribution in [0.2, 0.25) is 0 Å². The molecule has 1 aliphatic heterocycles. The van der Waals surface area contributed by atoms with Gasteiger partial charge in [-0.2, -0.15) is 13.2 Å². The average Bonchev–Trinajstić information content (AvgIpc) is 2.69. The molecule has 3 atom stereocenters. The molecule has 0 aliphatic carbocycles. The molecule has 2 N–H and O–H groups in total. The van der Waals surface area contributed by atoms with E-state index in [9.17, 15) is 23.1 Å². The molecule has 1 amide bonds. The van der Waals surface area contributed by atoms with Gasteiger partial charge in [-0.1, -0.05) is 13.8 Å². The maximum Gasteiger partial charge on any atom is 0.416 e. The Bertz CT molecular complexity index is 321. The van der Waals surface area contributed by atoms with Gasteiger partial charge in [-0.3, -0.25) is 9.69 Å². The van der Waals surface area contributed by atoms with Crippen LogP contribution in [0.15, 0.2) is 0 Å². The van der Waals surface area contributed by atoms with E-state index in [0.717, 1.165) is 13.0 Å². The van der Waals surface area contributed by atoms with Gasteiger partial charge < -0.3 is 10.4 Å². The second-order valence-electron chi connectivity index (χ2n) is 5.40. The molecule has 1 saturated heterocycles. The first-order valence-electron chi connectivity index (χ1n) is 6.40. The van der Waals surface area contributed by atoms with Crippen molar-refractivity contribution in [2.75, 3.05) is 13.6 Å². The number of carbonyl (C=O) groups is 1. The van der Waals surface area contributed by atoms with E-state index in [1.807, 2.05) is 4.90 Å². The van der Waals surface area contributed by atoms with Gasteiger partial charge in [-0.15, -0.1) is 0 Å². The van der Waals surface area contributed by atoms with Crippen molar-refractivity contribution in [3.8, 4) is 0 Å². The number of rotatable bonds is 4. The number of nitrogens with one attached hydrogen (secondary N) is 1. The summed E-state index contributed by atoms with van der Waals surface area (Å²) in [6, 6.07) is -1.72. The lowest BCUT2D eigenvalue weighted by Crippen LogP contribution is -2.55. The van der Waals surface area contributed by atoms with E-state index in [2.05, 4.69) is 5.32 Å². The lowest BCUT2D eigenvalue weighted by atomic mass is 9.97. The fourth-order valence-corrected chi connectivity index (χ4v) is 2.32. The quantitative estimate of drug-likeness (QED) is 0.813. The summed E-state index contributed by atoms with van der Waals surface area (Å²) in [5.41, 5.74) is 0. The van der Waals surface area contributed by atoms with E-state index in [1.165, 1.54) is 13.8 Å². The molecule has 4 nitrogen and oxygen atoms in total. The fraction of sp³-hybridized carbons (Fsp3) is 0.917. The lowest BCUT2D eigenvalue weighted by Gasteiger charge is -2.30. The van der Waals surface area contributed by atoms with E-state index >= 15 is 0 Å². The van der Waals surface area contributed by atoms with Crippen LogP contribution in [0, 0.1) is 5.92 Å². The molecule has 112 valence electrons. The van der Waals surface area contributed by atoms with Gasteiger partial charge in [0.15, 0.2) is 6.10 Å². The van der Waals surface area contributed by atoms with E-state index in [-0.39, 0.29) is 0 Å². The first kappa shape index (κ1) is 16.2. The van der Waals surface area contributed by atoms with E-state index < -0.39 is 36.2 Å². The second-order valence-corrected chi connectivity index (χ2v) is 5.40. The van der Waals surface area contributed by atoms with Gasteiger partial charge in [0, 0.05) is 0 Å². The Hall–Kier alpha value is -0.820. The molecule has 0 saturated carbocycles. The normalized spacial score (nSPS) is 24.5. The molecular formula is C12H21F3N2O2. The van der Waals surface area contributed by atoms with Crippen LogP contribution in [0.1, 0.15) is 26.7 Å². The van der Waals surface area contributed by atoms with Gasteiger partial charge in [0.25, 0.3) is 0 Å². The van der Waals surface area contributed by atoms with Crippen molar-refractivity contribution in [2.24, 2.45) is 5.92 Å². The Labute approximate surface area is 111 Å². The highest BCUT2D eigenvalue weighted by molar-refractivity contribution is 5.82. The largest absolute Gasteiger partial charge is 0.416 e. The van der Waals surface area contributed by atoms with E-state index in [4.69, 9.17) is 0 Å². The number of carbonyl (C=O) groups excluding carboxylic acids is 1. The molecule has 0 radical (unpaired) electrons. The van der Waals surface area contributed by atoms with Crippen molar-refractivity contribution in [3.05, 3.63) is 0 Å². The number of nitrogens with zero attached hydrogens (tertiary/aromatic N) is 1. The maximum atomic E-state index is 12.6. The van der Waals surface area contributed by atoms with Crippen LogP contribution >= 0.6 is 0 Å². The summed E-state index contributed by atoms with van der Waals surface area (Å²) in [5, 5.41) is 11.7.